The molecule has 0 aliphatic carbocycles. The number of nitrogens with two attached hydrogens (primary N) is 1. The predicted octanol–water partition coefficient (Wildman–Crippen LogP) is 2.35. The average Bonchev–Trinajstić information content (AvgIpc) is 2.82. The third-order valence-electron chi connectivity index (χ3n) is 3.94. The van der Waals surface area contributed by atoms with Crippen LogP contribution in [0.15, 0.2) is 18.3 Å². The van der Waals surface area contributed by atoms with E-state index < -0.39 is 5.97 Å². The number of aliphatic hydroxyl groups excluding tert-OH is 1. The standard InChI is InChI=1S/C17H24N2O3/c1-11(2)14-8-13(17(21)22)9-15-12(4-3-5-18)10-19(6-7-20)16(14)15/h8-11,20H,3-7,18H2,1-2H3,(H,21,22). The number of aromatic nitrogens is 1. The summed E-state index contributed by atoms with van der Waals surface area (Å²) in [4.78, 5) is 11.4. The van der Waals surface area contributed by atoms with Crippen LogP contribution in [0, 0.1) is 0 Å². The van der Waals surface area contributed by atoms with Crippen molar-refractivity contribution in [1.29, 1.82) is 0 Å². The van der Waals surface area contributed by atoms with E-state index in [4.69, 9.17) is 5.73 Å². The first-order valence-corrected chi connectivity index (χ1v) is 7.69. The van der Waals surface area contributed by atoms with E-state index in [1.807, 2.05) is 10.8 Å². The Kier molecular flexibility index (Phi) is 5.21. The number of fused-ring (bicyclic) bond motifs is 1. The Morgan fingerprint density at radius 1 is 1.36 bits per heavy atom. The average molecular weight is 304 g/mol. The van der Waals surface area contributed by atoms with E-state index in [-0.39, 0.29) is 12.5 Å². The smallest absolute Gasteiger partial charge is 0.335 e. The highest BCUT2D eigenvalue weighted by atomic mass is 16.4. The summed E-state index contributed by atoms with van der Waals surface area (Å²) in [7, 11) is 0. The molecule has 1 aromatic heterocycles. The molecule has 1 aromatic carbocycles. The molecule has 1 heterocycles. The van der Waals surface area contributed by atoms with Crippen molar-refractivity contribution in [3.8, 4) is 0 Å². The van der Waals surface area contributed by atoms with Gasteiger partial charge >= 0.3 is 5.97 Å². The number of aromatic carboxylic acids is 1. The fourth-order valence-corrected chi connectivity index (χ4v) is 2.88. The van der Waals surface area contributed by atoms with Crippen LogP contribution in [-0.4, -0.2) is 33.9 Å². The van der Waals surface area contributed by atoms with Gasteiger partial charge in [-0.1, -0.05) is 13.8 Å². The number of aliphatic hydroxyl groups is 1. The van der Waals surface area contributed by atoms with Gasteiger partial charge in [-0.15, -0.1) is 0 Å². The van der Waals surface area contributed by atoms with Crippen molar-refractivity contribution >= 4 is 16.9 Å². The first-order chi connectivity index (χ1) is 10.5. The fraction of sp³-hybridized carbons (Fsp3) is 0.471. The number of benzene rings is 1. The van der Waals surface area contributed by atoms with Gasteiger partial charge in [0, 0.05) is 18.1 Å². The Balaban J connectivity index is 2.72. The molecule has 4 N–H and O–H groups in total. The van der Waals surface area contributed by atoms with Gasteiger partial charge in [-0.3, -0.25) is 0 Å². The summed E-state index contributed by atoms with van der Waals surface area (Å²) >= 11 is 0. The lowest BCUT2D eigenvalue weighted by Gasteiger charge is -2.13. The molecule has 0 radical (unpaired) electrons. The Bertz CT molecular complexity index is 674. The minimum atomic E-state index is -0.913. The van der Waals surface area contributed by atoms with Crippen molar-refractivity contribution in [2.75, 3.05) is 13.2 Å². The maximum absolute atomic E-state index is 11.4. The summed E-state index contributed by atoms with van der Waals surface area (Å²) in [5.41, 5.74) is 9.04. The summed E-state index contributed by atoms with van der Waals surface area (Å²) < 4.78 is 2.03. The van der Waals surface area contributed by atoms with Gasteiger partial charge in [0.05, 0.1) is 17.7 Å². The highest BCUT2D eigenvalue weighted by Gasteiger charge is 2.17. The van der Waals surface area contributed by atoms with Crippen molar-refractivity contribution in [2.24, 2.45) is 5.73 Å². The second-order valence-electron chi connectivity index (χ2n) is 5.89. The fourth-order valence-electron chi connectivity index (χ4n) is 2.88. The van der Waals surface area contributed by atoms with Crippen molar-refractivity contribution in [3.63, 3.8) is 0 Å². The molecule has 0 aliphatic heterocycles. The van der Waals surface area contributed by atoms with Gasteiger partial charge in [-0.2, -0.15) is 0 Å². The first kappa shape index (κ1) is 16.5. The van der Waals surface area contributed by atoms with Gasteiger partial charge in [-0.25, -0.2) is 4.79 Å². The molecule has 0 spiro atoms. The Morgan fingerprint density at radius 2 is 2.09 bits per heavy atom. The zero-order chi connectivity index (χ0) is 16.3. The normalized spacial score (nSPS) is 11.5. The van der Waals surface area contributed by atoms with Crippen molar-refractivity contribution in [2.45, 2.75) is 39.2 Å². The summed E-state index contributed by atoms with van der Waals surface area (Å²) in [6, 6.07) is 3.49. The van der Waals surface area contributed by atoms with E-state index in [0.29, 0.717) is 18.7 Å². The molecule has 0 saturated carbocycles. The van der Waals surface area contributed by atoms with E-state index in [1.54, 1.807) is 12.1 Å². The Hall–Kier alpha value is -1.85. The van der Waals surface area contributed by atoms with Gasteiger partial charge in [0.15, 0.2) is 0 Å². The second kappa shape index (κ2) is 6.94. The maximum Gasteiger partial charge on any atom is 0.335 e. The van der Waals surface area contributed by atoms with Gasteiger partial charge in [0.25, 0.3) is 0 Å². The topological polar surface area (TPSA) is 88.5 Å². The van der Waals surface area contributed by atoms with Crippen molar-refractivity contribution in [3.05, 3.63) is 35.0 Å². The van der Waals surface area contributed by atoms with E-state index in [9.17, 15) is 15.0 Å². The van der Waals surface area contributed by atoms with E-state index >= 15 is 0 Å². The number of nitrogens with zero attached hydrogens (tertiary/aromatic N) is 1. The van der Waals surface area contributed by atoms with Crippen molar-refractivity contribution in [1.82, 2.24) is 4.57 Å². The van der Waals surface area contributed by atoms with Crippen molar-refractivity contribution < 1.29 is 15.0 Å². The third kappa shape index (κ3) is 3.15. The molecule has 5 heteroatoms. The van der Waals surface area contributed by atoms with Gasteiger partial charge in [0.1, 0.15) is 0 Å². The van der Waals surface area contributed by atoms with Crippen LogP contribution in [0.25, 0.3) is 10.9 Å². The first-order valence-electron chi connectivity index (χ1n) is 7.69. The molecule has 0 bridgehead atoms. The van der Waals surface area contributed by atoms with Crippen LogP contribution in [0.2, 0.25) is 0 Å². The second-order valence-corrected chi connectivity index (χ2v) is 5.89. The number of rotatable bonds is 7. The zero-order valence-electron chi connectivity index (χ0n) is 13.2. The van der Waals surface area contributed by atoms with Crippen LogP contribution < -0.4 is 5.73 Å². The highest BCUT2D eigenvalue weighted by molar-refractivity contribution is 5.97. The number of carbonyl (C=O) groups is 1. The summed E-state index contributed by atoms with van der Waals surface area (Å²) in [5, 5.41) is 19.6. The molecule has 0 aliphatic rings. The lowest BCUT2D eigenvalue weighted by Crippen LogP contribution is -2.05. The Morgan fingerprint density at radius 3 is 2.64 bits per heavy atom. The van der Waals surface area contributed by atoms with E-state index in [0.717, 1.165) is 34.9 Å². The molecule has 0 amide bonds. The van der Waals surface area contributed by atoms with E-state index in [1.165, 1.54) is 0 Å². The number of carboxylic acid groups (broad SMARTS) is 1. The quantitative estimate of drug-likeness (QED) is 0.732. The van der Waals surface area contributed by atoms with Crippen LogP contribution in [0.5, 0.6) is 0 Å². The molecule has 0 unspecified atom stereocenters. The molecule has 0 saturated heterocycles. The SMILES string of the molecule is CC(C)c1cc(C(=O)O)cc2c(CCCN)cn(CCO)c12. The largest absolute Gasteiger partial charge is 0.478 e. The lowest BCUT2D eigenvalue weighted by molar-refractivity contribution is 0.0697. The maximum atomic E-state index is 11.4. The molecule has 5 nitrogen and oxygen atoms in total. The molecular formula is C17H24N2O3. The molecule has 0 fully saturated rings. The number of carboxylic acids is 1. The number of hydrogen-bond donors (Lipinski definition) is 3. The summed E-state index contributed by atoms with van der Waals surface area (Å²) in [6.07, 6.45) is 3.69. The van der Waals surface area contributed by atoms with Gasteiger partial charge in [0.2, 0.25) is 0 Å². The van der Waals surface area contributed by atoms with Gasteiger partial charge in [-0.05, 0) is 48.6 Å². The number of aryl methyl sites for hydroxylation is 1. The number of hydrogen-bond acceptors (Lipinski definition) is 3. The minimum absolute atomic E-state index is 0.0539. The van der Waals surface area contributed by atoms with Crippen LogP contribution in [0.4, 0.5) is 0 Å². The van der Waals surface area contributed by atoms with Crippen LogP contribution >= 0.6 is 0 Å². The van der Waals surface area contributed by atoms with E-state index in [2.05, 4.69) is 13.8 Å². The molecule has 22 heavy (non-hydrogen) atoms. The van der Waals surface area contributed by atoms with Crippen LogP contribution in [-0.2, 0) is 13.0 Å². The lowest BCUT2D eigenvalue weighted by atomic mass is 9.95. The van der Waals surface area contributed by atoms with Gasteiger partial charge < -0.3 is 20.5 Å². The molecule has 2 rings (SSSR count). The summed E-state index contributed by atoms with van der Waals surface area (Å²) in [6.45, 7) is 5.26. The Labute approximate surface area is 130 Å². The van der Waals surface area contributed by atoms with Crippen LogP contribution in [0.3, 0.4) is 0 Å². The highest BCUT2D eigenvalue weighted by Crippen LogP contribution is 2.31. The molecule has 2 aromatic rings. The molecule has 120 valence electrons. The minimum Gasteiger partial charge on any atom is -0.478 e. The third-order valence-corrected chi connectivity index (χ3v) is 3.94. The zero-order valence-corrected chi connectivity index (χ0v) is 13.2. The molecular weight excluding hydrogens is 280 g/mol. The monoisotopic (exact) mass is 304 g/mol. The van der Waals surface area contributed by atoms with Crippen LogP contribution in [0.1, 0.15) is 47.7 Å². The summed E-state index contributed by atoms with van der Waals surface area (Å²) in [5.74, 6) is -0.708. The predicted molar refractivity (Wildman–Crippen MR) is 87.4 cm³/mol. The molecule has 0 atom stereocenters.